The van der Waals surface area contributed by atoms with Gasteiger partial charge in [0.2, 0.25) is 11.5 Å². The molecule has 0 unspecified atom stereocenters. The Hall–Kier alpha value is -2.27. The van der Waals surface area contributed by atoms with Crippen molar-refractivity contribution in [1.82, 2.24) is 0 Å². The van der Waals surface area contributed by atoms with Crippen LogP contribution in [0.5, 0.6) is 0 Å². The number of hydrogen-bond acceptors (Lipinski definition) is 5. The number of esters is 1. The van der Waals surface area contributed by atoms with Gasteiger partial charge in [0.15, 0.2) is 5.41 Å². The second kappa shape index (κ2) is 6.56. The molecule has 0 amide bonds. The summed E-state index contributed by atoms with van der Waals surface area (Å²) in [7, 11) is 0. The van der Waals surface area contributed by atoms with Gasteiger partial charge >= 0.3 is 5.97 Å². The lowest BCUT2D eigenvalue weighted by atomic mass is 9.73. The van der Waals surface area contributed by atoms with E-state index in [1.165, 1.54) is 0 Å². The van der Waals surface area contributed by atoms with Crippen LogP contribution in [0.3, 0.4) is 0 Å². The first-order valence-corrected chi connectivity index (χ1v) is 8.71. The lowest BCUT2D eigenvalue weighted by Gasteiger charge is -2.31. The Morgan fingerprint density at radius 3 is 2.60 bits per heavy atom. The Morgan fingerprint density at radius 1 is 1.24 bits per heavy atom. The first-order valence-electron chi connectivity index (χ1n) is 8.71. The number of allylic oxidation sites excluding steroid dienone is 1. The molecule has 0 aromatic heterocycles. The van der Waals surface area contributed by atoms with Crippen molar-refractivity contribution in [3.8, 4) is 0 Å². The van der Waals surface area contributed by atoms with Crippen LogP contribution >= 0.6 is 0 Å². The molecule has 1 aromatic rings. The summed E-state index contributed by atoms with van der Waals surface area (Å²) >= 11 is 0. The van der Waals surface area contributed by atoms with E-state index < -0.39 is 17.1 Å². The molecule has 2 bridgehead atoms. The standard InChI is InChI=1S/C20H23NO4/c1-4-24-18(23)19-13-9-10-14(3)20(17(19)22,25-5-2)21-16(19)15-11-7-6-8-12-15/h6-12,14H,4-5,13H2,1-3H3/t14-,19-,20-/m1/s1. The molecule has 2 aliphatic rings. The third-order valence-corrected chi connectivity index (χ3v) is 4.90. The van der Waals surface area contributed by atoms with Crippen LogP contribution < -0.4 is 0 Å². The molecule has 3 atom stereocenters. The Labute approximate surface area is 147 Å². The van der Waals surface area contributed by atoms with Crippen LogP contribution in [0.1, 0.15) is 32.8 Å². The Kier molecular flexibility index (Phi) is 4.60. The van der Waals surface area contributed by atoms with Crippen molar-refractivity contribution >= 4 is 17.5 Å². The summed E-state index contributed by atoms with van der Waals surface area (Å²) in [4.78, 5) is 31.3. The molecule has 25 heavy (non-hydrogen) atoms. The molecule has 1 heterocycles. The number of carbonyl (C=O) groups excluding carboxylic acids is 2. The van der Waals surface area contributed by atoms with Gasteiger partial charge in [-0.05, 0) is 25.8 Å². The van der Waals surface area contributed by atoms with Crippen LogP contribution in [0.25, 0.3) is 0 Å². The number of carbonyl (C=O) groups is 2. The minimum atomic E-state index is -1.45. The van der Waals surface area contributed by atoms with Crippen LogP contribution in [0.2, 0.25) is 0 Å². The fourth-order valence-corrected chi connectivity index (χ4v) is 3.69. The highest BCUT2D eigenvalue weighted by Crippen LogP contribution is 2.48. The van der Waals surface area contributed by atoms with Crippen molar-refractivity contribution < 1.29 is 19.1 Å². The normalized spacial score (nSPS) is 30.8. The fourth-order valence-electron chi connectivity index (χ4n) is 3.69. The van der Waals surface area contributed by atoms with E-state index in [4.69, 9.17) is 14.5 Å². The van der Waals surface area contributed by atoms with Crippen molar-refractivity contribution in [3.63, 3.8) is 0 Å². The largest absolute Gasteiger partial charge is 0.465 e. The summed E-state index contributed by atoms with van der Waals surface area (Å²) < 4.78 is 11.2. The van der Waals surface area contributed by atoms with E-state index >= 15 is 0 Å². The fraction of sp³-hybridized carbons (Fsp3) is 0.450. The molecule has 132 valence electrons. The Bertz CT molecular complexity index is 739. The van der Waals surface area contributed by atoms with Crippen molar-refractivity contribution in [2.75, 3.05) is 13.2 Å². The molecular formula is C20H23NO4. The van der Waals surface area contributed by atoms with E-state index in [0.717, 1.165) is 5.56 Å². The maximum absolute atomic E-state index is 13.6. The highest BCUT2D eigenvalue weighted by molar-refractivity contribution is 6.34. The molecule has 0 spiro atoms. The van der Waals surface area contributed by atoms with Gasteiger partial charge in [-0.2, -0.15) is 0 Å². The molecule has 0 N–H and O–H groups in total. The molecule has 3 rings (SSSR count). The molecule has 1 aliphatic heterocycles. The molecule has 0 radical (unpaired) electrons. The number of aliphatic imine (C=N–C) groups is 1. The molecule has 0 saturated carbocycles. The van der Waals surface area contributed by atoms with Crippen molar-refractivity contribution in [2.24, 2.45) is 16.3 Å². The number of nitrogens with zero attached hydrogens (tertiary/aromatic N) is 1. The van der Waals surface area contributed by atoms with Gasteiger partial charge in [0, 0.05) is 12.5 Å². The first-order chi connectivity index (χ1) is 12.0. The first kappa shape index (κ1) is 17.5. The molecule has 5 heteroatoms. The topological polar surface area (TPSA) is 65.0 Å². The van der Waals surface area contributed by atoms with E-state index in [1.54, 1.807) is 6.92 Å². The van der Waals surface area contributed by atoms with Crippen molar-refractivity contribution in [2.45, 2.75) is 32.9 Å². The predicted molar refractivity (Wildman–Crippen MR) is 94.3 cm³/mol. The number of fused-ring (bicyclic) bond motifs is 2. The van der Waals surface area contributed by atoms with E-state index in [-0.39, 0.29) is 24.7 Å². The van der Waals surface area contributed by atoms with Crippen LogP contribution in [0, 0.1) is 11.3 Å². The Morgan fingerprint density at radius 2 is 1.96 bits per heavy atom. The van der Waals surface area contributed by atoms with Gasteiger partial charge in [0.1, 0.15) is 0 Å². The summed E-state index contributed by atoms with van der Waals surface area (Å²) in [6.07, 6.45) is 4.01. The molecule has 0 fully saturated rings. The van der Waals surface area contributed by atoms with E-state index in [1.807, 2.05) is 56.3 Å². The molecule has 5 nitrogen and oxygen atoms in total. The zero-order valence-corrected chi connectivity index (χ0v) is 14.8. The van der Waals surface area contributed by atoms with Gasteiger partial charge < -0.3 is 9.47 Å². The Balaban J connectivity index is 2.26. The zero-order chi connectivity index (χ0) is 18.1. The number of Topliss-reactive ketones (excluding diaryl/α,β-unsaturated/α-hetero) is 1. The summed E-state index contributed by atoms with van der Waals surface area (Å²) in [6, 6.07) is 9.33. The lowest BCUT2D eigenvalue weighted by molar-refractivity contribution is -0.164. The van der Waals surface area contributed by atoms with Crippen LogP contribution in [0.15, 0.2) is 47.5 Å². The predicted octanol–water partition coefficient (Wildman–Crippen LogP) is 2.94. The molecule has 1 aliphatic carbocycles. The number of hydrogen-bond donors (Lipinski definition) is 0. The van der Waals surface area contributed by atoms with E-state index in [9.17, 15) is 9.59 Å². The smallest absolute Gasteiger partial charge is 0.326 e. The maximum Gasteiger partial charge on any atom is 0.326 e. The summed E-state index contributed by atoms with van der Waals surface area (Å²) in [5.41, 5.74) is -1.64. The van der Waals surface area contributed by atoms with Crippen molar-refractivity contribution in [1.29, 1.82) is 0 Å². The van der Waals surface area contributed by atoms with Crippen LogP contribution in [-0.2, 0) is 19.1 Å². The molecular weight excluding hydrogens is 318 g/mol. The molecule has 0 saturated heterocycles. The van der Waals surface area contributed by atoms with E-state index in [2.05, 4.69) is 0 Å². The van der Waals surface area contributed by atoms with Gasteiger partial charge in [0.05, 0.1) is 12.3 Å². The average molecular weight is 341 g/mol. The van der Waals surface area contributed by atoms with Gasteiger partial charge in [0.25, 0.3) is 0 Å². The van der Waals surface area contributed by atoms with Crippen molar-refractivity contribution in [3.05, 3.63) is 48.0 Å². The quantitative estimate of drug-likeness (QED) is 0.469. The number of ether oxygens (including phenoxy) is 2. The van der Waals surface area contributed by atoms with Crippen LogP contribution in [-0.4, -0.2) is 36.4 Å². The van der Waals surface area contributed by atoms with Gasteiger partial charge in [-0.3, -0.25) is 9.59 Å². The van der Waals surface area contributed by atoms with Gasteiger partial charge in [-0.25, -0.2) is 4.99 Å². The number of benzene rings is 1. The maximum atomic E-state index is 13.6. The average Bonchev–Trinajstić information content (AvgIpc) is 2.81. The van der Waals surface area contributed by atoms with Gasteiger partial charge in [-0.15, -0.1) is 0 Å². The monoisotopic (exact) mass is 341 g/mol. The van der Waals surface area contributed by atoms with Crippen LogP contribution in [0.4, 0.5) is 0 Å². The summed E-state index contributed by atoms with van der Waals surface area (Å²) in [6.45, 7) is 5.98. The second-order valence-electron chi connectivity index (χ2n) is 6.33. The minimum Gasteiger partial charge on any atom is -0.465 e. The summed E-state index contributed by atoms with van der Waals surface area (Å²) in [5, 5.41) is 0. The third-order valence-electron chi connectivity index (χ3n) is 4.90. The zero-order valence-electron chi connectivity index (χ0n) is 14.8. The lowest BCUT2D eigenvalue weighted by Crippen LogP contribution is -2.52. The minimum absolute atomic E-state index is 0.205. The number of ketones is 1. The highest BCUT2D eigenvalue weighted by atomic mass is 16.5. The SMILES string of the molecule is CCOC(=O)[C@]12CC=C[C@@H](C)[C@](OCC)(N=C1c1ccccc1)C2=O. The van der Waals surface area contributed by atoms with E-state index in [0.29, 0.717) is 12.3 Å². The highest BCUT2D eigenvalue weighted by Gasteiger charge is 2.66. The summed E-state index contributed by atoms with van der Waals surface area (Å²) in [5.74, 6) is -1.14. The number of rotatable bonds is 5. The third kappa shape index (κ3) is 2.45. The molecule has 1 aromatic carbocycles. The van der Waals surface area contributed by atoms with Gasteiger partial charge in [-0.1, -0.05) is 49.4 Å². The second-order valence-corrected chi connectivity index (χ2v) is 6.33.